The van der Waals surface area contributed by atoms with Gasteiger partial charge in [-0.2, -0.15) is 5.10 Å². The van der Waals surface area contributed by atoms with Gasteiger partial charge in [0.1, 0.15) is 0 Å². The average Bonchev–Trinajstić information content (AvgIpc) is 2.90. The van der Waals surface area contributed by atoms with E-state index in [9.17, 15) is 0 Å². The lowest BCUT2D eigenvalue weighted by Gasteiger charge is -1.98. The lowest BCUT2D eigenvalue weighted by Crippen LogP contribution is -1.82. The van der Waals surface area contributed by atoms with E-state index in [0.717, 1.165) is 21.4 Å². The fourth-order valence-electron chi connectivity index (χ4n) is 1.75. The van der Waals surface area contributed by atoms with E-state index >= 15 is 0 Å². The van der Waals surface area contributed by atoms with E-state index in [-0.39, 0.29) is 0 Å². The molecule has 1 N–H and O–H groups in total. The van der Waals surface area contributed by atoms with E-state index < -0.39 is 0 Å². The van der Waals surface area contributed by atoms with Gasteiger partial charge in [0.15, 0.2) is 11.6 Å². The van der Waals surface area contributed by atoms with Crippen molar-refractivity contribution in [2.75, 3.05) is 0 Å². The fraction of sp³-hybridized carbons (Fsp3) is 0. The summed E-state index contributed by atoms with van der Waals surface area (Å²) in [7, 11) is 0. The van der Waals surface area contributed by atoms with Gasteiger partial charge in [-0.1, -0.05) is 64.5 Å². The van der Waals surface area contributed by atoms with Gasteiger partial charge >= 0.3 is 0 Å². The van der Waals surface area contributed by atoms with Crippen LogP contribution < -0.4 is 0 Å². The van der Waals surface area contributed by atoms with Gasteiger partial charge in [0.05, 0.1) is 0 Å². The van der Waals surface area contributed by atoms with Gasteiger partial charge in [0.25, 0.3) is 0 Å². The largest absolute Gasteiger partial charge is 0.259 e. The summed E-state index contributed by atoms with van der Waals surface area (Å²) in [5, 5.41) is 7.22. The van der Waals surface area contributed by atoms with Gasteiger partial charge in [-0.05, 0) is 6.07 Å². The van der Waals surface area contributed by atoms with Gasteiger partial charge in [-0.15, -0.1) is 0 Å². The first-order valence-electron chi connectivity index (χ1n) is 5.57. The molecule has 1 heterocycles. The second-order valence-corrected chi connectivity index (χ2v) is 4.71. The van der Waals surface area contributed by atoms with E-state index in [1.54, 1.807) is 0 Å². The van der Waals surface area contributed by atoms with Crippen LogP contribution in [0.1, 0.15) is 0 Å². The third kappa shape index (κ3) is 2.07. The van der Waals surface area contributed by atoms with Gasteiger partial charge < -0.3 is 0 Å². The maximum atomic E-state index is 4.51. The molecule has 0 aliphatic heterocycles. The first-order valence-corrected chi connectivity index (χ1v) is 6.36. The summed E-state index contributed by atoms with van der Waals surface area (Å²) in [6.07, 6.45) is 0. The number of nitrogens with zero attached hydrogens (tertiary/aromatic N) is 2. The predicted octanol–water partition coefficient (Wildman–Crippen LogP) is 3.90. The molecule has 0 radical (unpaired) electrons. The van der Waals surface area contributed by atoms with E-state index in [1.807, 2.05) is 54.6 Å². The van der Waals surface area contributed by atoms with E-state index in [1.165, 1.54) is 0 Å². The second-order valence-electron chi connectivity index (χ2n) is 3.85. The van der Waals surface area contributed by atoms with Crippen LogP contribution in [-0.2, 0) is 0 Å². The Balaban J connectivity index is 2.03. The highest BCUT2D eigenvalue weighted by atomic mass is 79.9. The number of hydrogen-bond donors (Lipinski definition) is 1. The van der Waals surface area contributed by atoms with Crippen molar-refractivity contribution in [3.8, 4) is 22.8 Å². The van der Waals surface area contributed by atoms with Gasteiger partial charge in [0.2, 0.25) is 0 Å². The van der Waals surface area contributed by atoms with E-state index in [2.05, 4.69) is 31.1 Å². The minimum atomic E-state index is 0.710. The summed E-state index contributed by atoms with van der Waals surface area (Å²) in [6.45, 7) is 0. The fourth-order valence-corrected chi connectivity index (χ4v) is 2.22. The molecule has 0 saturated carbocycles. The van der Waals surface area contributed by atoms with Crippen LogP contribution in [0.5, 0.6) is 0 Å². The van der Waals surface area contributed by atoms with Gasteiger partial charge in [-0.3, -0.25) is 5.10 Å². The molecule has 3 rings (SSSR count). The third-order valence-electron chi connectivity index (χ3n) is 2.65. The van der Waals surface area contributed by atoms with Crippen molar-refractivity contribution in [2.45, 2.75) is 0 Å². The molecular formula is C14H10BrN3. The second kappa shape index (κ2) is 4.74. The predicted molar refractivity (Wildman–Crippen MR) is 75.0 cm³/mol. The van der Waals surface area contributed by atoms with Crippen molar-refractivity contribution >= 4 is 15.9 Å². The van der Waals surface area contributed by atoms with Crippen molar-refractivity contribution in [3.63, 3.8) is 0 Å². The first kappa shape index (κ1) is 11.2. The third-order valence-corrected chi connectivity index (χ3v) is 3.34. The molecule has 0 aliphatic rings. The van der Waals surface area contributed by atoms with Crippen molar-refractivity contribution in [1.82, 2.24) is 15.2 Å². The number of aromatic nitrogens is 3. The normalized spacial score (nSPS) is 10.5. The molecule has 0 bridgehead atoms. The van der Waals surface area contributed by atoms with Crippen LogP contribution in [-0.4, -0.2) is 15.2 Å². The quantitative estimate of drug-likeness (QED) is 0.780. The zero-order chi connectivity index (χ0) is 12.4. The summed E-state index contributed by atoms with van der Waals surface area (Å²) in [6, 6.07) is 17.9. The van der Waals surface area contributed by atoms with Crippen LogP contribution in [0, 0.1) is 0 Å². The molecule has 1 aromatic heterocycles. The van der Waals surface area contributed by atoms with Crippen molar-refractivity contribution in [1.29, 1.82) is 0 Å². The summed E-state index contributed by atoms with van der Waals surface area (Å²) < 4.78 is 1.00. The highest BCUT2D eigenvalue weighted by molar-refractivity contribution is 9.10. The summed E-state index contributed by atoms with van der Waals surface area (Å²) in [4.78, 5) is 4.51. The van der Waals surface area contributed by atoms with Crippen LogP contribution in [0.4, 0.5) is 0 Å². The molecule has 4 heteroatoms. The van der Waals surface area contributed by atoms with Gasteiger partial charge in [-0.25, -0.2) is 4.98 Å². The number of benzene rings is 2. The maximum Gasteiger partial charge on any atom is 0.181 e. The van der Waals surface area contributed by atoms with Crippen molar-refractivity contribution in [3.05, 3.63) is 59.1 Å². The molecule has 0 spiro atoms. The molecule has 3 nitrogen and oxygen atoms in total. The molecule has 0 amide bonds. The molecule has 3 aromatic rings. The molecule has 88 valence electrons. The molecule has 0 aliphatic carbocycles. The standard InChI is InChI=1S/C14H10BrN3/c15-12-9-5-4-8-11(12)14-16-13(17-18-14)10-6-2-1-3-7-10/h1-9H,(H,16,17,18). The molecule has 0 fully saturated rings. The van der Waals surface area contributed by atoms with E-state index in [0.29, 0.717) is 5.82 Å². The first-order chi connectivity index (χ1) is 8.84. The zero-order valence-electron chi connectivity index (χ0n) is 9.47. The van der Waals surface area contributed by atoms with Crippen molar-refractivity contribution < 1.29 is 0 Å². The monoisotopic (exact) mass is 299 g/mol. The Kier molecular flexibility index (Phi) is 2.94. The number of hydrogen-bond acceptors (Lipinski definition) is 2. The Morgan fingerprint density at radius 3 is 2.39 bits per heavy atom. The summed E-state index contributed by atoms with van der Waals surface area (Å²) >= 11 is 3.51. The lowest BCUT2D eigenvalue weighted by atomic mass is 10.2. The number of nitrogens with one attached hydrogen (secondary N) is 1. The SMILES string of the molecule is Brc1ccccc1-c1nc(-c2ccccc2)n[nH]1. The van der Waals surface area contributed by atoms with Crippen LogP contribution in [0.3, 0.4) is 0 Å². The Bertz CT molecular complexity index is 662. The minimum absolute atomic E-state index is 0.710. The molecule has 0 atom stereocenters. The Hall–Kier alpha value is -1.94. The van der Waals surface area contributed by atoms with Crippen LogP contribution in [0.25, 0.3) is 22.8 Å². The topological polar surface area (TPSA) is 41.6 Å². The Morgan fingerprint density at radius 1 is 0.889 bits per heavy atom. The summed E-state index contributed by atoms with van der Waals surface area (Å²) in [5.74, 6) is 1.47. The molecule has 0 saturated heterocycles. The molecular weight excluding hydrogens is 290 g/mol. The smallest absolute Gasteiger partial charge is 0.181 e. The maximum absolute atomic E-state index is 4.51. The molecule has 2 aromatic carbocycles. The minimum Gasteiger partial charge on any atom is -0.259 e. The highest BCUT2D eigenvalue weighted by Crippen LogP contribution is 2.26. The zero-order valence-corrected chi connectivity index (χ0v) is 11.1. The number of halogens is 1. The van der Waals surface area contributed by atoms with E-state index in [4.69, 9.17) is 0 Å². The van der Waals surface area contributed by atoms with Crippen molar-refractivity contribution in [2.24, 2.45) is 0 Å². The van der Waals surface area contributed by atoms with Crippen LogP contribution in [0.2, 0.25) is 0 Å². The number of H-pyrrole nitrogens is 1. The highest BCUT2D eigenvalue weighted by Gasteiger charge is 2.09. The number of rotatable bonds is 2. The van der Waals surface area contributed by atoms with Crippen LogP contribution >= 0.6 is 15.9 Å². The lowest BCUT2D eigenvalue weighted by molar-refractivity contribution is 1.10. The molecule has 0 unspecified atom stereocenters. The van der Waals surface area contributed by atoms with Crippen LogP contribution in [0.15, 0.2) is 59.1 Å². The molecule has 18 heavy (non-hydrogen) atoms. The van der Waals surface area contributed by atoms with Gasteiger partial charge in [0, 0.05) is 15.6 Å². The Morgan fingerprint density at radius 2 is 1.61 bits per heavy atom. The average molecular weight is 300 g/mol. The Labute approximate surface area is 113 Å². The number of aromatic amines is 1. The summed E-state index contributed by atoms with van der Waals surface area (Å²) in [5.41, 5.74) is 2.01.